The van der Waals surface area contributed by atoms with Gasteiger partial charge >= 0.3 is 5.97 Å². The van der Waals surface area contributed by atoms with Gasteiger partial charge in [0.25, 0.3) is 11.8 Å². The molecule has 3 atom stereocenters. The molecule has 0 bridgehead atoms. The van der Waals surface area contributed by atoms with Crippen LogP contribution in [0.2, 0.25) is 0 Å². The average molecular weight is 529 g/mol. The molecule has 0 spiro atoms. The van der Waals surface area contributed by atoms with E-state index in [1.165, 1.54) is 45.6 Å². The summed E-state index contributed by atoms with van der Waals surface area (Å²) in [4.78, 5) is 43.1. The third kappa shape index (κ3) is 4.40. The largest absolute Gasteiger partial charge is 0.477 e. The fourth-order valence-electron chi connectivity index (χ4n) is 3.18. The van der Waals surface area contributed by atoms with E-state index < -0.39 is 34.9 Å². The van der Waals surface area contributed by atoms with E-state index in [9.17, 15) is 24.7 Å². The van der Waals surface area contributed by atoms with Crippen molar-refractivity contribution in [2.45, 2.75) is 16.0 Å². The molecule has 2 amide bonds. The average Bonchev–Trinajstić information content (AvgIpc) is 3.48. The van der Waals surface area contributed by atoms with Crippen LogP contribution in [0.1, 0.15) is 16.0 Å². The maximum Gasteiger partial charge on any atom is 0.353 e. The quantitative estimate of drug-likeness (QED) is 0.105. The topological polar surface area (TPSA) is 200 Å². The number of nitrogen functional groups attached to an aromatic ring is 1. The van der Waals surface area contributed by atoms with Gasteiger partial charge < -0.3 is 21.4 Å². The van der Waals surface area contributed by atoms with Gasteiger partial charge in [-0.15, -0.1) is 51.7 Å². The fourth-order valence-corrected chi connectivity index (χ4v) is 7.28. The van der Waals surface area contributed by atoms with Crippen molar-refractivity contribution in [1.29, 1.82) is 0 Å². The molecule has 33 heavy (non-hydrogen) atoms. The number of carboxylic acid groups (broad SMARTS) is 1. The van der Waals surface area contributed by atoms with Gasteiger partial charge in [-0.1, -0.05) is 10.4 Å². The molecule has 2 aromatic heterocycles. The van der Waals surface area contributed by atoms with Crippen LogP contribution in [0.3, 0.4) is 0 Å². The Labute approximate surface area is 202 Å². The van der Waals surface area contributed by atoms with Crippen LogP contribution in [-0.2, 0) is 14.4 Å². The van der Waals surface area contributed by atoms with Gasteiger partial charge in [-0.05, 0) is 6.26 Å². The molecule has 174 valence electrons. The molecule has 0 aromatic carbocycles. The highest BCUT2D eigenvalue weighted by molar-refractivity contribution is 8.18. The normalized spacial score (nSPS) is 21.4. The number of nitrogens with two attached hydrogens (primary N) is 1. The molecule has 6 N–H and O–H groups in total. The van der Waals surface area contributed by atoms with Crippen LogP contribution in [-0.4, -0.2) is 82.5 Å². The first-order chi connectivity index (χ1) is 15.8. The second-order valence-corrected chi connectivity index (χ2v) is 11.0. The maximum atomic E-state index is 12.9. The number of H-pyrrole nitrogens is 1. The third-order valence-electron chi connectivity index (χ3n) is 4.64. The summed E-state index contributed by atoms with van der Waals surface area (Å²) in [6.07, 6.45) is 3.49. The summed E-state index contributed by atoms with van der Waals surface area (Å²) in [6, 6.07) is -0.983. The molecule has 17 heteroatoms. The number of nitrogens with one attached hydrogen (secondary N) is 2. The number of fused-ring (bicyclic) bond motifs is 1. The Morgan fingerprint density at radius 1 is 1.48 bits per heavy atom. The van der Waals surface area contributed by atoms with Crippen LogP contribution in [0.4, 0.5) is 5.13 Å². The lowest BCUT2D eigenvalue weighted by Crippen LogP contribution is -2.71. The number of aromatic amines is 1. The number of rotatable bonds is 8. The van der Waals surface area contributed by atoms with Gasteiger partial charge in [0.2, 0.25) is 0 Å². The summed E-state index contributed by atoms with van der Waals surface area (Å²) in [6.45, 7) is 0. The number of carbonyl (C=O) groups is 3. The minimum Gasteiger partial charge on any atom is -0.477 e. The standard InChI is InChI=1S/C16H16N8O5S4/c1-30-15(5-2-18-23-21-5)33-7-4-31-13-9(12(26)24(13)10(7)14(27)28)20-11(25)8(22-29)6-3-32-16(17)19-6/h2-3,9,13,15,29H,4H2,1H3,(H2,17,19)(H,20,25)(H,27,28)(H,18,21,23)/b22-8-/t9-,13-,15?/m1/s1. The Kier molecular flexibility index (Phi) is 6.82. The number of nitrogens with zero attached hydrogens (tertiary/aromatic N) is 5. The van der Waals surface area contributed by atoms with Crippen LogP contribution in [0.15, 0.2) is 27.3 Å². The molecule has 1 saturated heterocycles. The zero-order chi connectivity index (χ0) is 23.7. The highest BCUT2D eigenvalue weighted by Crippen LogP contribution is 2.49. The summed E-state index contributed by atoms with van der Waals surface area (Å²) in [5.74, 6) is -2.31. The number of aliphatic carboxylic acids is 1. The van der Waals surface area contributed by atoms with Gasteiger partial charge in [0.05, 0.1) is 4.58 Å². The van der Waals surface area contributed by atoms with E-state index in [0.29, 0.717) is 16.4 Å². The molecule has 0 aliphatic carbocycles. The molecule has 13 nitrogen and oxygen atoms in total. The van der Waals surface area contributed by atoms with E-state index in [2.05, 4.69) is 30.9 Å². The van der Waals surface area contributed by atoms with Crippen molar-refractivity contribution in [3.63, 3.8) is 0 Å². The summed E-state index contributed by atoms with van der Waals surface area (Å²) >= 11 is 5.14. The van der Waals surface area contributed by atoms with E-state index in [-0.39, 0.29) is 21.1 Å². The van der Waals surface area contributed by atoms with E-state index in [1.807, 2.05) is 6.26 Å². The molecule has 4 heterocycles. The van der Waals surface area contributed by atoms with Crippen LogP contribution in [0.5, 0.6) is 0 Å². The van der Waals surface area contributed by atoms with Crippen LogP contribution < -0.4 is 11.1 Å². The number of amides is 2. The van der Waals surface area contributed by atoms with Crippen molar-refractivity contribution >= 4 is 75.2 Å². The third-order valence-corrected chi connectivity index (χ3v) is 9.39. The zero-order valence-electron chi connectivity index (χ0n) is 16.7. The van der Waals surface area contributed by atoms with E-state index in [0.717, 1.165) is 11.3 Å². The minimum absolute atomic E-state index is 0.0678. The Morgan fingerprint density at radius 3 is 2.85 bits per heavy atom. The summed E-state index contributed by atoms with van der Waals surface area (Å²) < 4.78 is -0.217. The Bertz CT molecular complexity index is 1150. The molecule has 0 saturated carbocycles. The van der Waals surface area contributed by atoms with E-state index in [1.54, 1.807) is 6.20 Å². The second-order valence-electron chi connectivity index (χ2n) is 6.54. The van der Waals surface area contributed by atoms with Crippen molar-refractivity contribution in [3.05, 3.63) is 33.6 Å². The first-order valence-corrected chi connectivity index (χ1v) is 13.2. The van der Waals surface area contributed by atoms with E-state index in [4.69, 9.17) is 5.73 Å². The van der Waals surface area contributed by atoms with Crippen LogP contribution in [0, 0.1) is 0 Å². The second kappa shape index (κ2) is 9.62. The number of carbonyl (C=O) groups excluding carboxylic acids is 2. The number of aromatic nitrogens is 4. The molecule has 1 unspecified atom stereocenters. The molecule has 4 rings (SSSR count). The summed E-state index contributed by atoms with van der Waals surface area (Å²) in [5.41, 5.74) is 5.76. The van der Waals surface area contributed by atoms with Crippen LogP contribution >= 0.6 is 46.6 Å². The predicted octanol–water partition coefficient (Wildman–Crippen LogP) is 0.513. The molecular weight excluding hydrogens is 512 g/mol. The Balaban J connectivity index is 1.52. The molecule has 2 aromatic rings. The SMILES string of the molecule is CSC(SC1=C(C(=O)O)N2C(=O)[C@@H](NC(=O)/C(=N\O)c3csc(N)n3)[C@H]2SC1)c1c[nH]nn1. The highest BCUT2D eigenvalue weighted by atomic mass is 32.2. The maximum absolute atomic E-state index is 12.9. The fraction of sp³-hybridized carbons (Fsp3) is 0.312. The van der Waals surface area contributed by atoms with Crippen molar-refractivity contribution in [2.24, 2.45) is 5.16 Å². The highest BCUT2D eigenvalue weighted by Gasteiger charge is 2.54. The number of thioether (sulfide) groups is 3. The predicted molar refractivity (Wildman–Crippen MR) is 125 cm³/mol. The minimum atomic E-state index is -1.24. The lowest BCUT2D eigenvalue weighted by molar-refractivity contribution is -0.150. The number of oxime groups is 1. The smallest absolute Gasteiger partial charge is 0.353 e. The van der Waals surface area contributed by atoms with Crippen LogP contribution in [0.25, 0.3) is 0 Å². The summed E-state index contributed by atoms with van der Waals surface area (Å²) in [7, 11) is 0. The van der Waals surface area contributed by atoms with Gasteiger partial charge in [0, 0.05) is 22.2 Å². The van der Waals surface area contributed by atoms with E-state index >= 15 is 0 Å². The number of hydrogen-bond acceptors (Lipinski definition) is 13. The molecule has 1 fully saturated rings. The summed E-state index contributed by atoms with van der Waals surface area (Å²) in [5, 5.41) is 35.9. The lowest BCUT2D eigenvalue weighted by atomic mass is 10.0. The number of thiazole rings is 1. The number of β-lactam (4-membered cyclic amide) rings is 1. The molecular formula is C16H16N8O5S4. The van der Waals surface area contributed by atoms with Crippen molar-refractivity contribution < 1.29 is 24.7 Å². The van der Waals surface area contributed by atoms with Gasteiger partial charge in [-0.3, -0.25) is 19.6 Å². The van der Waals surface area contributed by atoms with Gasteiger partial charge in [-0.25, -0.2) is 9.78 Å². The monoisotopic (exact) mass is 528 g/mol. The Morgan fingerprint density at radius 2 is 2.27 bits per heavy atom. The first-order valence-electron chi connectivity index (χ1n) is 9.07. The molecule has 2 aliphatic heterocycles. The van der Waals surface area contributed by atoms with Crippen molar-refractivity contribution in [2.75, 3.05) is 17.7 Å². The van der Waals surface area contributed by atoms with Gasteiger partial charge in [0.15, 0.2) is 10.8 Å². The lowest BCUT2D eigenvalue weighted by Gasteiger charge is -2.49. The number of anilines is 1. The number of carboxylic acids is 1. The van der Waals surface area contributed by atoms with Gasteiger partial charge in [-0.2, -0.15) is 0 Å². The zero-order valence-corrected chi connectivity index (χ0v) is 19.9. The number of hydrogen-bond donors (Lipinski definition) is 5. The van der Waals surface area contributed by atoms with Crippen molar-refractivity contribution in [1.82, 2.24) is 30.6 Å². The first kappa shape index (κ1) is 23.4. The Hall–Kier alpha value is -2.76. The van der Waals surface area contributed by atoms with Gasteiger partial charge in [0.1, 0.15) is 28.5 Å². The van der Waals surface area contributed by atoms with Crippen molar-refractivity contribution in [3.8, 4) is 0 Å². The molecule has 0 radical (unpaired) electrons. The molecule has 2 aliphatic rings.